The van der Waals surface area contributed by atoms with Gasteiger partial charge >= 0.3 is 18.0 Å². The quantitative estimate of drug-likeness (QED) is 0.319. The van der Waals surface area contributed by atoms with Gasteiger partial charge in [-0.25, -0.2) is 9.59 Å². The Morgan fingerprint density at radius 1 is 1.03 bits per heavy atom. The van der Waals surface area contributed by atoms with Crippen molar-refractivity contribution >= 4 is 58.5 Å². The minimum atomic E-state index is -1.05. The molecule has 0 heterocycles. The van der Waals surface area contributed by atoms with E-state index in [1.165, 1.54) is 7.11 Å². The average Bonchev–Trinajstić information content (AvgIpc) is 3.11. The third-order valence-corrected chi connectivity index (χ3v) is 8.30. The normalized spacial score (nSPS) is 20.7. The zero-order valence-electron chi connectivity index (χ0n) is 21.6. The number of hydrogen-bond donors (Lipinski definition) is 4. The lowest BCUT2D eigenvalue weighted by molar-refractivity contribution is -0.156. The molecule has 0 saturated heterocycles. The van der Waals surface area contributed by atoms with Gasteiger partial charge in [0.15, 0.2) is 0 Å². The van der Waals surface area contributed by atoms with E-state index in [4.69, 9.17) is 27.9 Å². The van der Waals surface area contributed by atoms with Crippen LogP contribution < -0.4 is 16.0 Å². The van der Waals surface area contributed by atoms with E-state index in [1.54, 1.807) is 63.2 Å². The summed E-state index contributed by atoms with van der Waals surface area (Å²) in [6.07, 6.45) is 0.905. The third-order valence-electron chi connectivity index (χ3n) is 7.67. The van der Waals surface area contributed by atoms with Gasteiger partial charge in [0, 0.05) is 18.0 Å². The molecule has 1 fully saturated rings. The van der Waals surface area contributed by atoms with Gasteiger partial charge in [0.25, 0.3) is 0 Å². The predicted molar refractivity (Wildman–Crippen MR) is 145 cm³/mol. The lowest BCUT2D eigenvalue weighted by Gasteiger charge is -2.38. The fraction of sp³-hybridized carbons (Fsp3) is 0.407. The van der Waals surface area contributed by atoms with Crippen LogP contribution >= 0.6 is 23.2 Å². The second kappa shape index (κ2) is 11.6. The Morgan fingerprint density at radius 3 is 2.16 bits per heavy atom. The van der Waals surface area contributed by atoms with Crippen molar-refractivity contribution in [2.75, 3.05) is 17.7 Å². The number of nitrogens with one attached hydrogen (secondary N) is 3. The molecule has 0 spiro atoms. The number of para-hydroxylation sites is 1. The average molecular weight is 564 g/mol. The fourth-order valence-electron chi connectivity index (χ4n) is 4.80. The smallest absolute Gasteiger partial charge is 0.328 e. The number of hydrogen-bond acceptors (Lipinski definition) is 5. The topological polar surface area (TPSA) is 134 Å². The van der Waals surface area contributed by atoms with E-state index in [1.807, 2.05) is 0 Å². The zero-order valence-corrected chi connectivity index (χ0v) is 23.1. The van der Waals surface area contributed by atoms with Crippen LogP contribution in [0.15, 0.2) is 42.5 Å². The van der Waals surface area contributed by atoms with Crippen LogP contribution in [0.2, 0.25) is 10.0 Å². The molecule has 2 aromatic rings. The molecular formula is C27H31Cl2N3O6. The monoisotopic (exact) mass is 563 g/mol. The van der Waals surface area contributed by atoms with E-state index in [0.717, 1.165) is 0 Å². The highest BCUT2D eigenvalue weighted by molar-refractivity contribution is 6.39. The first-order valence-electron chi connectivity index (χ1n) is 12.0. The number of carboxylic acid groups (broad SMARTS) is 1. The Balaban J connectivity index is 1.66. The van der Waals surface area contributed by atoms with Crippen LogP contribution in [0.1, 0.15) is 39.2 Å². The van der Waals surface area contributed by atoms with Gasteiger partial charge < -0.3 is 25.8 Å². The summed E-state index contributed by atoms with van der Waals surface area (Å²) >= 11 is 12.2. The number of halogens is 2. The number of carbonyl (C=O) groups is 4. The van der Waals surface area contributed by atoms with Crippen LogP contribution in [0.3, 0.4) is 0 Å². The number of esters is 1. The van der Waals surface area contributed by atoms with E-state index in [2.05, 4.69) is 16.0 Å². The lowest BCUT2D eigenvalue weighted by Crippen LogP contribution is -2.50. The van der Waals surface area contributed by atoms with Gasteiger partial charge in [0.05, 0.1) is 28.3 Å². The number of rotatable bonds is 8. The van der Waals surface area contributed by atoms with Crippen molar-refractivity contribution in [2.24, 2.45) is 16.7 Å². The van der Waals surface area contributed by atoms with Crippen LogP contribution in [0.5, 0.6) is 0 Å². The molecule has 38 heavy (non-hydrogen) atoms. The molecule has 1 saturated carbocycles. The summed E-state index contributed by atoms with van der Waals surface area (Å²) in [4.78, 5) is 49.9. The van der Waals surface area contributed by atoms with E-state index in [0.29, 0.717) is 34.1 Å². The Hall–Kier alpha value is -3.30. The second-order valence-electron chi connectivity index (χ2n) is 10.1. The second-order valence-corrected chi connectivity index (χ2v) is 10.9. The Kier molecular flexibility index (Phi) is 8.94. The molecular weight excluding hydrogens is 533 g/mol. The van der Waals surface area contributed by atoms with Gasteiger partial charge in [-0.1, -0.05) is 55.2 Å². The number of amides is 3. The summed E-state index contributed by atoms with van der Waals surface area (Å²) in [6.45, 7) is 5.19. The van der Waals surface area contributed by atoms with Gasteiger partial charge in [-0.15, -0.1) is 0 Å². The number of aliphatic carboxylic acids is 1. The van der Waals surface area contributed by atoms with Gasteiger partial charge in [-0.3, -0.25) is 9.59 Å². The fourth-order valence-corrected chi connectivity index (χ4v) is 5.29. The van der Waals surface area contributed by atoms with Crippen molar-refractivity contribution in [3.8, 4) is 0 Å². The number of benzene rings is 2. The van der Waals surface area contributed by atoms with E-state index >= 15 is 0 Å². The Labute approximate surface area is 231 Å². The first kappa shape index (κ1) is 29.3. The summed E-state index contributed by atoms with van der Waals surface area (Å²) in [5.41, 5.74) is -0.389. The highest BCUT2D eigenvalue weighted by Gasteiger charge is 2.58. The number of carboxylic acids is 1. The highest BCUT2D eigenvalue weighted by Crippen LogP contribution is 2.56. The maximum atomic E-state index is 13.2. The van der Waals surface area contributed by atoms with Gasteiger partial charge in [0.2, 0.25) is 5.91 Å². The zero-order chi connectivity index (χ0) is 28.3. The molecule has 9 nitrogen and oxygen atoms in total. The van der Waals surface area contributed by atoms with Crippen molar-refractivity contribution in [3.05, 3.63) is 58.1 Å². The van der Waals surface area contributed by atoms with Gasteiger partial charge in [0.1, 0.15) is 6.04 Å². The molecule has 0 radical (unpaired) electrons. The lowest BCUT2D eigenvalue weighted by atomic mass is 9.65. The first-order chi connectivity index (χ1) is 17.8. The SMILES string of the molecule is COC(=O)C(Cc1ccc(NC(=O)Nc2c(Cl)cccc2Cl)cc1)NC(=O)[C@H]1CC[C@@](C)(C(=O)O)C1(C)C. The van der Waals surface area contributed by atoms with Crippen molar-refractivity contribution in [1.29, 1.82) is 0 Å². The summed E-state index contributed by atoms with van der Waals surface area (Å²) in [7, 11) is 1.24. The molecule has 3 atom stereocenters. The maximum Gasteiger partial charge on any atom is 0.328 e. The van der Waals surface area contributed by atoms with Crippen molar-refractivity contribution in [2.45, 2.75) is 46.1 Å². The minimum absolute atomic E-state index is 0.142. The van der Waals surface area contributed by atoms with Crippen molar-refractivity contribution < 1.29 is 29.0 Å². The molecule has 204 valence electrons. The molecule has 0 aliphatic heterocycles. The molecule has 1 unspecified atom stereocenters. The number of methoxy groups -OCH3 is 1. The van der Waals surface area contributed by atoms with Crippen molar-refractivity contribution in [3.63, 3.8) is 0 Å². The molecule has 11 heteroatoms. The van der Waals surface area contributed by atoms with E-state index < -0.39 is 40.8 Å². The molecule has 0 bridgehead atoms. The maximum absolute atomic E-state index is 13.2. The molecule has 1 aliphatic rings. The highest BCUT2D eigenvalue weighted by atomic mass is 35.5. The summed E-state index contributed by atoms with van der Waals surface area (Å²) in [5, 5.41) is 18.4. The number of ether oxygens (including phenoxy) is 1. The summed E-state index contributed by atoms with van der Waals surface area (Å²) < 4.78 is 4.90. The standard InChI is InChI=1S/C27H31Cl2N3O6/c1-26(2)17(12-13-27(26,3)24(35)36)22(33)31-20(23(34)38-4)14-15-8-10-16(11-9-15)30-25(37)32-21-18(28)6-5-7-19(21)29/h5-11,17,20H,12-14H2,1-4H3,(H,31,33)(H,35,36)(H2,30,32,37)/t17-,20?,27+/m1/s1. The van der Waals surface area contributed by atoms with Crippen molar-refractivity contribution in [1.82, 2.24) is 5.32 Å². The van der Waals surface area contributed by atoms with Gasteiger partial charge in [-0.05, 0) is 55.0 Å². The number of carbonyl (C=O) groups excluding carboxylic acids is 3. The molecule has 3 amide bonds. The van der Waals surface area contributed by atoms with Crippen LogP contribution in [0, 0.1) is 16.7 Å². The molecule has 4 N–H and O–H groups in total. The molecule has 0 aromatic heterocycles. The Bertz CT molecular complexity index is 1210. The van der Waals surface area contributed by atoms with E-state index in [9.17, 15) is 24.3 Å². The summed E-state index contributed by atoms with van der Waals surface area (Å²) in [5.74, 6) is -2.52. The van der Waals surface area contributed by atoms with Crippen LogP contribution in [-0.4, -0.2) is 42.1 Å². The third kappa shape index (κ3) is 6.05. The van der Waals surface area contributed by atoms with E-state index in [-0.39, 0.29) is 18.0 Å². The van der Waals surface area contributed by atoms with Crippen LogP contribution in [-0.2, 0) is 25.5 Å². The molecule has 2 aromatic carbocycles. The van der Waals surface area contributed by atoms with Gasteiger partial charge in [-0.2, -0.15) is 0 Å². The molecule has 1 aliphatic carbocycles. The predicted octanol–water partition coefficient (Wildman–Crippen LogP) is 5.36. The first-order valence-corrected chi connectivity index (χ1v) is 12.8. The Morgan fingerprint density at radius 2 is 1.63 bits per heavy atom. The van der Waals surface area contributed by atoms with Crippen LogP contribution in [0.25, 0.3) is 0 Å². The number of anilines is 2. The van der Waals surface area contributed by atoms with Crippen LogP contribution in [0.4, 0.5) is 16.2 Å². The minimum Gasteiger partial charge on any atom is -0.481 e. The largest absolute Gasteiger partial charge is 0.481 e. The molecule has 3 rings (SSSR count). The summed E-state index contributed by atoms with van der Waals surface area (Å²) in [6, 6.07) is 10.1. The number of urea groups is 1.